The van der Waals surface area contributed by atoms with Crippen molar-refractivity contribution in [2.75, 3.05) is 33.8 Å². The Hall–Kier alpha value is -2.11. The average Bonchev–Trinajstić information content (AvgIpc) is 2.55. The SMILES string of the molecule is CN(CC(=O)N(C)CCOc1cccc(Cl)c1)Cc1ccncc1. The van der Waals surface area contributed by atoms with Gasteiger partial charge >= 0.3 is 0 Å². The van der Waals surface area contributed by atoms with Gasteiger partial charge in [0.05, 0.1) is 13.1 Å². The topological polar surface area (TPSA) is 45.7 Å². The van der Waals surface area contributed by atoms with Crippen LogP contribution in [-0.2, 0) is 11.3 Å². The highest BCUT2D eigenvalue weighted by molar-refractivity contribution is 6.30. The molecule has 0 unspecified atom stereocenters. The number of rotatable bonds is 8. The van der Waals surface area contributed by atoms with E-state index in [0.29, 0.717) is 37.0 Å². The zero-order valence-corrected chi connectivity index (χ0v) is 14.7. The van der Waals surface area contributed by atoms with Gasteiger partial charge in [-0.3, -0.25) is 14.7 Å². The van der Waals surface area contributed by atoms with Crippen molar-refractivity contribution < 1.29 is 9.53 Å². The molecule has 0 N–H and O–H groups in total. The number of amides is 1. The Morgan fingerprint density at radius 1 is 1.21 bits per heavy atom. The standard InChI is InChI=1S/C18H22ClN3O2/c1-21(13-15-6-8-20-9-7-15)14-18(23)22(2)10-11-24-17-5-3-4-16(19)12-17/h3-9,12H,10-11,13-14H2,1-2H3. The molecule has 1 heterocycles. The number of aromatic nitrogens is 1. The highest BCUT2D eigenvalue weighted by atomic mass is 35.5. The third-order valence-corrected chi connectivity index (χ3v) is 3.76. The number of carbonyl (C=O) groups excluding carboxylic acids is 1. The van der Waals surface area contributed by atoms with Gasteiger partial charge < -0.3 is 9.64 Å². The van der Waals surface area contributed by atoms with Gasteiger partial charge in [-0.05, 0) is 42.9 Å². The van der Waals surface area contributed by atoms with Crippen LogP contribution in [0.15, 0.2) is 48.8 Å². The molecule has 0 atom stereocenters. The third kappa shape index (κ3) is 6.18. The first-order valence-electron chi connectivity index (χ1n) is 7.74. The number of benzene rings is 1. The van der Waals surface area contributed by atoms with Crippen LogP contribution in [-0.4, -0.2) is 54.5 Å². The van der Waals surface area contributed by atoms with Gasteiger partial charge in [0.1, 0.15) is 12.4 Å². The van der Waals surface area contributed by atoms with E-state index < -0.39 is 0 Å². The van der Waals surface area contributed by atoms with E-state index in [1.807, 2.05) is 36.2 Å². The highest BCUT2D eigenvalue weighted by Crippen LogP contribution is 2.16. The minimum Gasteiger partial charge on any atom is -0.492 e. The molecule has 0 saturated heterocycles. The lowest BCUT2D eigenvalue weighted by molar-refractivity contribution is -0.131. The molecule has 0 saturated carbocycles. The zero-order valence-electron chi connectivity index (χ0n) is 14.0. The van der Waals surface area contributed by atoms with Gasteiger partial charge in [0.2, 0.25) is 5.91 Å². The predicted octanol–water partition coefficient (Wildman–Crippen LogP) is 2.70. The van der Waals surface area contributed by atoms with Crippen molar-refractivity contribution in [3.8, 4) is 5.75 Å². The first-order valence-corrected chi connectivity index (χ1v) is 8.12. The van der Waals surface area contributed by atoms with Crippen molar-refractivity contribution in [3.05, 3.63) is 59.4 Å². The molecule has 0 spiro atoms. The number of carbonyl (C=O) groups is 1. The molecule has 1 aromatic carbocycles. The number of ether oxygens (including phenoxy) is 1. The van der Waals surface area contributed by atoms with E-state index in [9.17, 15) is 4.79 Å². The van der Waals surface area contributed by atoms with Gasteiger partial charge in [-0.25, -0.2) is 0 Å². The van der Waals surface area contributed by atoms with Crippen LogP contribution in [0.1, 0.15) is 5.56 Å². The third-order valence-electron chi connectivity index (χ3n) is 3.52. The van der Waals surface area contributed by atoms with Crippen LogP contribution in [0, 0.1) is 0 Å². The van der Waals surface area contributed by atoms with E-state index in [4.69, 9.17) is 16.3 Å². The van der Waals surface area contributed by atoms with E-state index >= 15 is 0 Å². The maximum atomic E-state index is 12.2. The molecule has 2 rings (SSSR count). The van der Waals surface area contributed by atoms with Gasteiger partial charge in [-0.15, -0.1) is 0 Å². The van der Waals surface area contributed by atoms with Crippen LogP contribution in [0.5, 0.6) is 5.75 Å². The van der Waals surface area contributed by atoms with E-state index in [-0.39, 0.29) is 5.91 Å². The number of hydrogen-bond acceptors (Lipinski definition) is 4. The molecule has 128 valence electrons. The number of pyridine rings is 1. The average molecular weight is 348 g/mol. The zero-order chi connectivity index (χ0) is 17.4. The normalized spacial score (nSPS) is 10.7. The fraction of sp³-hybridized carbons (Fsp3) is 0.333. The summed E-state index contributed by atoms with van der Waals surface area (Å²) in [4.78, 5) is 19.9. The summed E-state index contributed by atoms with van der Waals surface area (Å²) in [6.45, 7) is 2.02. The Balaban J connectivity index is 1.71. The monoisotopic (exact) mass is 347 g/mol. The Bertz CT molecular complexity index is 652. The fourth-order valence-electron chi connectivity index (χ4n) is 2.19. The summed E-state index contributed by atoms with van der Waals surface area (Å²) in [7, 11) is 3.71. The molecule has 0 radical (unpaired) electrons. The van der Waals surface area contributed by atoms with Crippen molar-refractivity contribution in [3.63, 3.8) is 0 Å². The molecule has 0 bridgehead atoms. The minimum absolute atomic E-state index is 0.0567. The summed E-state index contributed by atoms with van der Waals surface area (Å²) >= 11 is 5.91. The van der Waals surface area contributed by atoms with Gasteiger partial charge in [-0.2, -0.15) is 0 Å². The molecular formula is C18H22ClN3O2. The van der Waals surface area contributed by atoms with E-state index in [1.54, 1.807) is 36.5 Å². The molecule has 1 amide bonds. The summed E-state index contributed by atoms with van der Waals surface area (Å²) in [6, 6.07) is 11.1. The summed E-state index contributed by atoms with van der Waals surface area (Å²) in [5, 5.41) is 0.634. The molecule has 1 aromatic heterocycles. The summed E-state index contributed by atoms with van der Waals surface area (Å²) in [6.07, 6.45) is 3.51. The molecule has 5 nitrogen and oxygen atoms in total. The second-order valence-corrected chi connectivity index (χ2v) is 6.09. The largest absolute Gasteiger partial charge is 0.492 e. The summed E-state index contributed by atoms with van der Waals surface area (Å²) in [5.74, 6) is 0.763. The highest BCUT2D eigenvalue weighted by Gasteiger charge is 2.12. The van der Waals surface area contributed by atoms with Crippen molar-refractivity contribution in [1.29, 1.82) is 0 Å². The maximum absolute atomic E-state index is 12.2. The lowest BCUT2D eigenvalue weighted by atomic mass is 10.2. The summed E-state index contributed by atoms with van der Waals surface area (Å²) in [5.41, 5.74) is 1.13. The Morgan fingerprint density at radius 3 is 2.67 bits per heavy atom. The van der Waals surface area contributed by atoms with Crippen LogP contribution in [0.2, 0.25) is 5.02 Å². The van der Waals surface area contributed by atoms with Crippen molar-refractivity contribution in [1.82, 2.24) is 14.8 Å². The smallest absolute Gasteiger partial charge is 0.236 e. The lowest BCUT2D eigenvalue weighted by Gasteiger charge is -2.22. The van der Waals surface area contributed by atoms with Crippen LogP contribution < -0.4 is 4.74 Å². The molecular weight excluding hydrogens is 326 g/mol. The minimum atomic E-state index is 0.0567. The van der Waals surface area contributed by atoms with Crippen molar-refractivity contribution in [2.24, 2.45) is 0 Å². The Morgan fingerprint density at radius 2 is 1.96 bits per heavy atom. The quantitative estimate of drug-likeness (QED) is 0.736. The first kappa shape index (κ1) is 18.2. The maximum Gasteiger partial charge on any atom is 0.236 e. The van der Waals surface area contributed by atoms with E-state index in [1.165, 1.54) is 0 Å². The van der Waals surface area contributed by atoms with E-state index in [2.05, 4.69) is 4.98 Å². The molecule has 0 fully saturated rings. The molecule has 24 heavy (non-hydrogen) atoms. The lowest BCUT2D eigenvalue weighted by Crippen LogP contribution is -2.38. The van der Waals surface area contributed by atoms with Crippen LogP contribution in [0.3, 0.4) is 0 Å². The van der Waals surface area contributed by atoms with Gasteiger partial charge in [0.15, 0.2) is 0 Å². The first-order chi connectivity index (χ1) is 11.5. The Labute approximate surface area is 147 Å². The predicted molar refractivity (Wildman–Crippen MR) is 95.2 cm³/mol. The second kappa shape index (κ2) is 9.25. The molecule has 0 aliphatic heterocycles. The van der Waals surface area contributed by atoms with Crippen molar-refractivity contribution in [2.45, 2.75) is 6.54 Å². The fourth-order valence-corrected chi connectivity index (χ4v) is 2.37. The number of halogens is 1. The van der Waals surface area contributed by atoms with Crippen LogP contribution in [0.25, 0.3) is 0 Å². The number of nitrogens with zero attached hydrogens (tertiary/aromatic N) is 3. The van der Waals surface area contributed by atoms with Gasteiger partial charge in [-0.1, -0.05) is 17.7 Å². The van der Waals surface area contributed by atoms with Crippen molar-refractivity contribution >= 4 is 17.5 Å². The van der Waals surface area contributed by atoms with Gasteiger partial charge in [0.25, 0.3) is 0 Å². The number of likely N-dealkylation sites (N-methyl/N-ethyl adjacent to an activating group) is 2. The molecule has 0 aliphatic carbocycles. The second-order valence-electron chi connectivity index (χ2n) is 5.65. The number of hydrogen-bond donors (Lipinski definition) is 0. The molecule has 6 heteroatoms. The van der Waals surface area contributed by atoms with Crippen LogP contribution in [0.4, 0.5) is 0 Å². The van der Waals surface area contributed by atoms with Gasteiger partial charge in [0, 0.05) is 31.0 Å². The van der Waals surface area contributed by atoms with Crippen LogP contribution >= 0.6 is 11.6 Å². The van der Waals surface area contributed by atoms with E-state index in [0.717, 1.165) is 5.56 Å². The summed E-state index contributed by atoms with van der Waals surface area (Å²) < 4.78 is 5.61. The Kier molecular flexibility index (Phi) is 7.03. The molecule has 0 aliphatic rings. The molecule has 2 aromatic rings.